The number of halogens is 1. The van der Waals surface area contributed by atoms with Gasteiger partial charge in [-0.2, -0.15) is 0 Å². The van der Waals surface area contributed by atoms with E-state index in [-0.39, 0.29) is 11.7 Å². The van der Waals surface area contributed by atoms with Crippen LogP contribution in [0.4, 0.5) is 4.39 Å². The van der Waals surface area contributed by atoms with E-state index in [0.717, 1.165) is 43.9 Å². The van der Waals surface area contributed by atoms with Gasteiger partial charge in [0.25, 0.3) is 0 Å². The molecule has 1 amide bonds. The topological polar surface area (TPSA) is 23.6 Å². The van der Waals surface area contributed by atoms with Crippen LogP contribution < -0.4 is 0 Å². The van der Waals surface area contributed by atoms with E-state index in [9.17, 15) is 9.18 Å². The average Bonchev–Trinajstić information content (AvgIpc) is 2.62. The van der Waals surface area contributed by atoms with Crippen molar-refractivity contribution in [1.82, 2.24) is 9.80 Å². The third-order valence-corrected chi connectivity index (χ3v) is 4.58. The van der Waals surface area contributed by atoms with Gasteiger partial charge in [0.05, 0.1) is 6.42 Å². The van der Waals surface area contributed by atoms with E-state index >= 15 is 0 Å². The second-order valence-electron chi connectivity index (χ2n) is 6.23. The molecule has 1 saturated heterocycles. The quantitative estimate of drug-likeness (QED) is 0.843. The summed E-state index contributed by atoms with van der Waals surface area (Å²) in [6.07, 6.45) is 1.18. The summed E-state index contributed by atoms with van der Waals surface area (Å²) in [5.41, 5.74) is 1.82. The summed E-state index contributed by atoms with van der Waals surface area (Å²) in [6, 6.07) is 16.8. The van der Waals surface area contributed by atoms with Crippen LogP contribution in [0.2, 0.25) is 0 Å². The minimum atomic E-state index is -0.130. The second kappa shape index (κ2) is 8.06. The highest BCUT2D eigenvalue weighted by Crippen LogP contribution is 2.10. The Morgan fingerprint density at radius 2 is 1.58 bits per heavy atom. The molecule has 24 heavy (non-hydrogen) atoms. The monoisotopic (exact) mass is 326 g/mol. The number of amides is 1. The molecule has 4 heteroatoms. The van der Waals surface area contributed by atoms with Gasteiger partial charge in [0.15, 0.2) is 0 Å². The Labute approximate surface area is 142 Å². The van der Waals surface area contributed by atoms with Gasteiger partial charge in [-0.05, 0) is 23.6 Å². The lowest BCUT2D eigenvalue weighted by Crippen LogP contribution is -2.49. The molecule has 0 radical (unpaired) electrons. The number of carbonyl (C=O) groups excluding carboxylic acids is 1. The van der Waals surface area contributed by atoms with E-state index in [0.29, 0.717) is 12.8 Å². The van der Waals surface area contributed by atoms with Crippen molar-refractivity contribution in [2.45, 2.75) is 12.8 Å². The first-order valence-corrected chi connectivity index (χ1v) is 8.50. The molecule has 0 aliphatic carbocycles. The summed E-state index contributed by atoms with van der Waals surface area (Å²) >= 11 is 0. The maximum Gasteiger partial charge on any atom is 0.227 e. The van der Waals surface area contributed by atoms with Gasteiger partial charge in [0, 0.05) is 32.7 Å². The molecule has 3 nitrogen and oxygen atoms in total. The number of hydrogen-bond acceptors (Lipinski definition) is 2. The Morgan fingerprint density at radius 3 is 2.29 bits per heavy atom. The predicted octanol–water partition coefficient (Wildman–Crippen LogP) is 2.76. The van der Waals surface area contributed by atoms with Crippen LogP contribution in [0.3, 0.4) is 0 Å². The molecule has 3 rings (SSSR count). The number of benzene rings is 2. The molecule has 0 spiro atoms. The van der Waals surface area contributed by atoms with Crippen molar-refractivity contribution < 1.29 is 9.18 Å². The van der Waals surface area contributed by atoms with Gasteiger partial charge in [-0.25, -0.2) is 4.39 Å². The van der Waals surface area contributed by atoms with Gasteiger partial charge in [-0.1, -0.05) is 48.5 Å². The molecule has 0 N–H and O–H groups in total. The van der Waals surface area contributed by atoms with E-state index in [1.807, 2.05) is 47.4 Å². The van der Waals surface area contributed by atoms with Gasteiger partial charge >= 0.3 is 0 Å². The molecular formula is C20H23FN2O. The zero-order chi connectivity index (χ0) is 16.8. The molecule has 0 atom stereocenters. The molecule has 126 valence electrons. The van der Waals surface area contributed by atoms with Crippen molar-refractivity contribution in [3.63, 3.8) is 0 Å². The lowest BCUT2D eigenvalue weighted by Gasteiger charge is -2.34. The first kappa shape index (κ1) is 16.7. The van der Waals surface area contributed by atoms with Crippen molar-refractivity contribution in [3.8, 4) is 0 Å². The first-order valence-electron chi connectivity index (χ1n) is 8.50. The Bertz CT molecular complexity index is 666. The van der Waals surface area contributed by atoms with Crippen LogP contribution in [0.25, 0.3) is 0 Å². The van der Waals surface area contributed by atoms with Crippen molar-refractivity contribution in [2.24, 2.45) is 0 Å². The van der Waals surface area contributed by atoms with Crippen molar-refractivity contribution in [3.05, 3.63) is 71.5 Å². The molecule has 0 bridgehead atoms. The summed E-state index contributed by atoms with van der Waals surface area (Å²) in [4.78, 5) is 16.6. The van der Waals surface area contributed by atoms with Gasteiger partial charge in [-0.3, -0.25) is 9.69 Å². The largest absolute Gasteiger partial charge is 0.340 e. The summed E-state index contributed by atoms with van der Waals surface area (Å²) in [5.74, 6) is 0.0594. The lowest BCUT2D eigenvalue weighted by molar-refractivity contribution is -0.132. The zero-order valence-electron chi connectivity index (χ0n) is 13.8. The Hall–Kier alpha value is -2.20. The van der Waals surface area contributed by atoms with Gasteiger partial charge in [0.2, 0.25) is 5.91 Å². The van der Waals surface area contributed by atoms with Gasteiger partial charge < -0.3 is 4.90 Å². The smallest absolute Gasteiger partial charge is 0.227 e. The molecule has 1 heterocycles. The van der Waals surface area contributed by atoms with Crippen LogP contribution in [-0.4, -0.2) is 48.4 Å². The normalized spacial score (nSPS) is 15.5. The fraction of sp³-hybridized carbons (Fsp3) is 0.350. The maximum atomic E-state index is 13.6. The van der Waals surface area contributed by atoms with E-state index in [2.05, 4.69) is 4.90 Å². The standard InChI is InChI=1S/C20H23FN2O/c21-19-9-5-4-8-18(19)10-11-22-12-14-23(15-13-22)20(24)16-17-6-2-1-3-7-17/h1-9H,10-16H2. The molecule has 1 aliphatic heterocycles. The fourth-order valence-corrected chi connectivity index (χ4v) is 3.08. The molecule has 0 aromatic heterocycles. The number of nitrogens with zero attached hydrogens (tertiary/aromatic N) is 2. The van der Waals surface area contributed by atoms with Gasteiger partial charge in [-0.15, -0.1) is 0 Å². The summed E-state index contributed by atoms with van der Waals surface area (Å²) < 4.78 is 13.6. The van der Waals surface area contributed by atoms with Gasteiger partial charge in [0.1, 0.15) is 5.82 Å². The molecule has 0 unspecified atom stereocenters. The van der Waals surface area contributed by atoms with Crippen LogP contribution in [0, 0.1) is 5.82 Å². The SMILES string of the molecule is O=C(Cc1ccccc1)N1CCN(CCc2ccccc2F)CC1. The van der Waals surface area contributed by atoms with Crippen LogP contribution in [-0.2, 0) is 17.6 Å². The lowest BCUT2D eigenvalue weighted by atomic mass is 10.1. The summed E-state index contributed by atoms with van der Waals surface area (Å²) in [5, 5.41) is 0. The average molecular weight is 326 g/mol. The Balaban J connectivity index is 1.44. The number of carbonyl (C=O) groups is 1. The van der Waals surface area contributed by atoms with Crippen LogP contribution in [0.1, 0.15) is 11.1 Å². The minimum absolute atomic E-state index is 0.130. The third-order valence-electron chi connectivity index (χ3n) is 4.58. The number of rotatable bonds is 5. The molecule has 2 aromatic carbocycles. The molecule has 0 saturated carbocycles. The van der Waals surface area contributed by atoms with Crippen LogP contribution >= 0.6 is 0 Å². The number of piperazine rings is 1. The first-order chi connectivity index (χ1) is 11.7. The van der Waals surface area contributed by atoms with E-state index < -0.39 is 0 Å². The molecular weight excluding hydrogens is 303 g/mol. The zero-order valence-corrected chi connectivity index (χ0v) is 13.8. The Morgan fingerprint density at radius 1 is 0.917 bits per heavy atom. The molecule has 1 aliphatic rings. The van der Waals surface area contributed by atoms with Crippen molar-refractivity contribution in [1.29, 1.82) is 0 Å². The highest BCUT2D eigenvalue weighted by atomic mass is 19.1. The van der Waals surface area contributed by atoms with E-state index in [1.165, 1.54) is 6.07 Å². The van der Waals surface area contributed by atoms with Crippen molar-refractivity contribution in [2.75, 3.05) is 32.7 Å². The second-order valence-corrected chi connectivity index (χ2v) is 6.23. The fourth-order valence-electron chi connectivity index (χ4n) is 3.08. The van der Waals surface area contributed by atoms with E-state index in [1.54, 1.807) is 6.07 Å². The summed E-state index contributed by atoms with van der Waals surface area (Å²) in [7, 11) is 0. The van der Waals surface area contributed by atoms with E-state index in [4.69, 9.17) is 0 Å². The van der Waals surface area contributed by atoms with Crippen LogP contribution in [0.5, 0.6) is 0 Å². The maximum absolute atomic E-state index is 13.6. The van der Waals surface area contributed by atoms with Crippen molar-refractivity contribution >= 4 is 5.91 Å². The minimum Gasteiger partial charge on any atom is -0.340 e. The van der Waals surface area contributed by atoms with Crippen LogP contribution in [0.15, 0.2) is 54.6 Å². The number of hydrogen-bond donors (Lipinski definition) is 0. The highest BCUT2D eigenvalue weighted by molar-refractivity contribution is 5.78. The summed E-state index contributed by atoms with van der Waals surface area (Å²) in [6.45, 7) is 4.05. The predicted molar refractivity (Wildman–Crippen MR) is 93.3 cm³/mol. The molecule has 1 fully saturated rings. The highest BCUT2D eigenvalue weighted by Gasteiger charge is 2.21. The molecule has 2 aromatic rings. The Kier molecular flexibility index (Phi) is 5.59. The third kappa shape index (κ3) is 4.42.